The fraction of sp³-hybridized carbons (Fsp3) is 0.692. The molecular formula is C13H22N4O. The van der Waals surface area contributed by atoms with Crippen LogP contribution in [0.5, 0.6) is 0 Å². The van der Waals surface area contributed by atoms with Crippen molar-refractivity contribution < 1.29 is 4.79 Å². The van der Waals surface area contributed by atoms with Crippen molar-refractivity contribution in [2.45, 2.75) is 39.2 Å². The Morgan fingerprint density at radius 3 is 2.89 bits per heavy atom. The first-order chi connectivity index (χ1) is 8.59. The van der Waals surface area contributed by atoms with Gasteiger partial charge in [-0.1, -0.05) is 0 Å². The topological polar surface area (TPSA) is 59.0 Å². The second kappa shape index (κ2) is 5.52. The summed E-state index contributed by atoms with van der Waals surface area (Å²) in [6, 6.07) is 0.571. The molecule has 2 rings (SSSR count). The molecule has 0 spiro atoms. The molecule has 0 aliphatic carbocycles. The smallest absolute Gasteiger partial charge is 0.255 e. The van der Waals surface area contributed by atoms with E-state index in [-0.39, 0.29) is 5.91 Å². The molecule has 0 radical (unpaired) electrons. The van der Waals surface area contributed by atoms with Crippen molar-refractivity contribution in [1.29, 1.82) is 0 Å². The van der Waals surface area contributed by atoms with Gasteiger partial charge in [-0.25, -0.2) is 0 Å². The minimum atomic E-state index is -0.00361. The lowest BCUT2D eigenvalue weighted by atomic mass is 10.1. The van der Waals surface area contributed by atoms with Crippen LogP contribution in [0.25, 0.3) is 0 Å². The highest BCUT2D eigenvalue weighted by Gasteiger charge is 2.18. The Morgan fingerprint density at radius 1 is 1.56 bits per heavy atom. The molecule has 1 saturated heterocycles. The number of aromatic nitrogens is 2. The van der Waals surface area contributed by atoms with Crippen LogP contribution in [0, 0.1) is 13.8 Å². The molecule has 1 aromatic heterocycles. The van der Waals surface area contributed by atoms with Crippen LogP contribution in [0.1, 0.15) is 41.0 Å². The first kappa shape index (κ1) is 13.1. The molecule has 2 N–H and O–H groups in total. The molecule has 0 saturated carbocycles. The van der Waals surface area contributed by atoms with E-state index < -0.39 is 0 Å². The fourth-order valence-electron chi connectivity index (χ4n) is 2.55. The molecule has 1 aromatic rings. The number of carbonyl (C=O) groups is 1. The minimum absolute atomic E-state index is 0.00361. The van der Waals surface area contributed by atoms with Crippen LogP contribution in [-0.2, 0) is 7.05 Å². The summed E-state index contributed by atoms with van der Waals surface area (Å²) in [5.41, 5.74) is 2.44. The molecule has 1 aliphatic rings. The van der Waals surface area contributed by atoms with Gasteiger partial charge < -0.3 is 10.6 Å². The van der Waals surface area contributed by atoms with Crippen molar-refractivity contribution in [3.63, 3.8) is 0 Å². The van der Waals surface area contributed by atoms with Gasteiger partial charge in [-0.15, -0.1) is 0 Å². The number of hydrogen-bond donors (Lipinski definition) is 2. The standard InChI is InChI=1S/C13H22N4O/c1-9-12(10(2)17(3)16-9)13(18)15-8-6-11-5-4-7-14-11/h11,14H,4-8H2,1-3H3,(H,15,18)/t11-/m0/s1. The Balaban J connectivity index is 1.87. The number of nitrogens with one attached hydrogen (secondary N) is 2. The Bertz CT molecular complexity index is 432. The molecule has 1 fully saturated rings. The van der Waals surface area contributed by atoms with E-state index in [4.69, 9.17) is 0 Å². The second-order valence-corrected chi connectivity index (χ2v) is 5.01. The largest absolute Gasteiger partial charge is 0.352 e. The SMILES string of the molecule is Cc1nn(C)c(C)c1C(=O)NCC[C@@H]1CCCN1. The van der Waals surface area contributed by atoms with Crippen LogP contribution < -0.4 is 10.6 Å². The molecule has 2 heterocycles. The zero-order valence-electron chi connectivity index (χ0n) is 11.4. The lowest BCUT2D eigenvalue weighted by molar-refractivity contribution is 0.0951. The highest BCUT2D eigenvalue weighted by atomic mass is 16.1. The number of amides is 1. The van der Waals surface area contributed by atoms with Gasteiger partial charge in [-0.05, 0) is 39.7 Å². The van der Waals surface area contributed by atoms with Gasteiger partial charge in [-0.2, -0.15) is 5.10 Å². The molecule has 0 aromatic carbocycles. The van der Waals surface area contributed by atoms with Crippen LogP contribution in [-0.4, -0.2) is 34.8 Å². The third kappa shape index (κ3) is 2.72. The van der Waals surface area contributed by atoms with Crippen LogP contribution in [0.4, 0.5) is 0 Å². The Labute approximate surface area is 108 Å². The summed E-state index contributed by atoms with van der Waals surface area (Å²) in [6.45, 7) is 5.64. The average Bonchev–Trinajstić information content (AvgIpc) is 2.89. The number of carbonyl (C=O) groups excluding carboxylic acids is 1. The molecule has 0 bridgehead atoms. The zero-order chi connectivity index (χ0) is 13.1. The van der Waals surface area contributed by atoms with Crippen LogP contribution in [0.15, 0.2) is 0 Å². The van der Waals surface area contributed by atoms with Gasteiger partial charge in [0.05, 0.1) is 11.3 Å². The van der Waals surface area contributed by atoms with Gasteiger partial charge in [0, 0.05) is 25.3 Å². The van der Waals surface area contributed by atoms with Crippen molar-refractivity contribution in [1.82, 2.24) is 20.4 Å². The zero-order valence-corrected chi connectivity index (χ0v) is 11.4. The van der Waals surface area contributed by atoms with E-state index in [2.05, 4.69) is 15.7 Å². The monoisotopic (exact) mass is 250 g/mol. The minimum Gasteiger partial charge on any atom is -0.352 e. The molecule has 100 valence electrons. The molecule has 5 heteroatoms. The molecule has 1 amide bonds. The summed E-state index contributed by atoms with van der Waals surface area (Å²) in [5, 5.41) is 10.7. The van der Waals surface area contributed by atoms with Gasteiger partial charge >= 0.3 is 0 Å². The maximum atomic E-state index is 12.1. The highest BCUT2D eigenvalue weighted by molar-refractivity contribution is 5.96. The van der Waals surface area contributed by atoms with E-state index in [1.165, 1.54) is 12.8 Å². The first-order valence-corrected chi connectivity index (χ1v) is 6.61. The van der Waals surface area contributed by atoms with E-state index in [1.54, 1.807) is 4.68 Å². The highest BCUT2D eigenvalue weighted by Crippen LogP contribution is 2.12. The summed E-state index contributed by atoms with van der Waals surface area (Å²) in [5.74, 6) is -0.00361. The second-order valence-electron chi connectivity index (χ2n) is 5.01. The Kier molecular flexibility index (Phi) is 4.01. The number of rotatable bonds is 4. The van der Waals surface area contributed by atoms with E-state index in [0.717, 1.165) is 36.5 Å². The van der Waals surface area contributed by atoms with Crippen molar-refractivity contribution in [3.05, 3.63) is 17.0 Å². The Hall–Kier alpha value is -1.36. The van der Waals surface area contributed by atoms with E-state index in [9.17, 15) is 4.79 Å². The van der Waals surface area contributed by atoms with Gasteiger partial charge in [-0.3, -0.25) is 9.48 Å². The van der Waals surface area contributed by atoms with Gasteiger partial charge in [0.15, 0.2) is 0 Å². The van der Waals surface area contributed by atoms with Crippen molar-refractivity contribution in [2.75, 3.05) is 13.1 Å². The lowest BCUT2D eigenvalue weighted by Gasteiger charge is -2.10. The molecular weight excluding hydrogens is 228 g/mol. The van der Waals surface area contributed by atoms with Crippen LogP contribution in [0.3, 0.4) is 0 Å². The van der Waals surface area contributed by atoms with Crippen molar-refractivity contribution in [3.8, 4) is 0 Å². The first-order valence-electron chi connectivity index (χ1n) is 6.61. The van der Waals surface area contributed by atoms with E-state index in [0.29, 0.717) is 6.04 Å². The molecule has 0 unspecified atom stereocenters. The van der Waals surface area contributed by atoms with Gasteiger partial charge in [0.2, 0.25) is 0 Å². The fourth-order valence-corrected chi connectivity index (χ4v) is 2.55. The van der Waals surface area contributed by atoms with E-state index >= 15 is 0 Å². The van der Waals surface area contributed by atoms with Crippen LogP contribution >= 0.6 is 0 Å². The molecule has 1 aliphatic heterocycles. The summed E-state index contributed by atoms with van der Waals surface area (Å²) in [7, 11) is 1.86. The summed E-state index contributed by atoms with van der Waals surface area (Å²) in [6.07, 6.45) is 3.48. The third-order valence-corrected chi connectivity index (χ3v) is 3.68. The average molecular weight is 250 g/mol. The van der Waals surface area contributed by atoms with Crippen molar-refractivity contribution in [2.24, 2.45) is 7.05 Å². The maximum absolute atomic E-state index is 12.1. The number of hydrogen-bond acceptors (Lipinski definition) is 3. The van der Waals surface area contributed by atoms with Crippen LogP contribution in [0.2, 0.25) is 0 Å². The van der Waals surface area contributed by atoms with Gasteiger partial charge in [0.25, 0.3) is 5.91 Å². The summed E-state index contributed by atoms with van der Waals surface area (Å²) in [4.78, 5) is 12.1. The third-order valence-electron chi connectivity index (χ3n) is 3.68. The molecule has 1 atom stereocenters. The van der Waals surface area contributed by atoms with E-state index in [1.807, 2.05) is 20.9 Å². The predicted octanol–water partition coefficient (Wildman–Crippen LogP) is 0.909. The summed E-state index contributed by atoms with van der Waals surface area (Å²) >= 11 is 0. The number of aryl methyl sites for hydroxylation is 2. The normalized spacial score (nSPS) is 19.2. The van der Waals surface area contributed by atoms with Gasteiger partial charge in [0.1, 0.15) is 0 Å². The maximum Gasteiger partial charge on any atom is 0.255 e. The summed E-state index contributed by atoms with van der Waals surface area (Å²) < 4.78 is 1.75. The Morgan fingerprint density at radius 2 is 2.33 bits per heavy atom. The number of nitrogens with zero attached hydrogens (tertiary/aromatic N) is 2. The molecule has 5 nitrogen and oxygen atoms in total. The lowest BCUT2D eigenvalue weighted by Crippen LogP contribution is -2.31. The molecule has 18 heavy (non-hydrogen) atoms. The predicted molar refractivity (Wildman–Crippen MR) is 70.7 cm³/mol. The van der Waals surface area contributed by atoms with Crippen molar-refractivity contribution >= 4 is 5.91 Å². The quantitative estimate of drug-likeness (QED) is 0.835.